The van der Waals surface area contributed by atoms with Gasteiger partial charge in [0, 0.05) is 13.2 Å². The molecule has 0 aliphatic carbocycles. The van der Waals surface area contributed by atoms with Crippen LogP contribution < -0.4 is 5.73 Å². The molecule has 0 amide bonds. The molecule has 0 spiro atoms. The van der Waals surface area contributed by atoms with Crippen molar-refractivity contribution >= 4 is 0 Å². The van der Waals surface area contributed by atoms with Crippen LogP contribution in [0.5, 0.6) is 0 Å². The Morgan fingerprint density at radius 1 is 0.609 bits per heavy atom. The second-order valence-electron chi connectivity index (χ2n) is 6.69. The van der Waals surface area contributed by atoms with E-state index in [4.69, 9.17) is 10.5 Å². The van der Waals surface area contributed by atoms with E-state index in [-0.39, 0.29) is 0 Å². The minimum Gasteiger partial charge on any atom is -0.381 e. The summed E-state index contributed by atoms with van der Waals surface area (Å²) in [6, 6.07) is 0. The number of ether oxygens (including phenoxy) is 1. The highest BCUT2D eigenvalue weighted by atomic mass is 16.5. The number of rotatable bonds is 19. The lowest BCUT2D eigenvalue weighted by Crippen LogP contribution is -2.04. The molecule has 0 aromatic carbocycles. The Morgan fingerprint density at radius 2 is 1.09 bits per heavy atom. The van der Waals surface area contributed by atoms with Crippen LogP contribution in [0.15, 0.2) is 12.2 Å². The molecule has 2 N–H and O–H groups in total. The molecule has 2 nitrogen and oxygen atoms in total. The van der Waals surface area contributed by atoms with Crippen LogP contribution in [0.1, 0.15) is 103 Å². The maximum Gasteiger partial charge on any atom is 0.0478 e. The summed E-state index contributed by atoms with van der Waals surface area (Å²) in [6.07, 6.45) is 24.8. The van der Waals surface area contributed by atoms with Crippen LogP contribution in [0, 0.1) is 0 Å². The van der Waals surface area contributed by atoms with Crippen LogP contribution in [-0.2, 0) is 4.74 Å². The van der Waals surface area contributed by atoms with Crippen molar-refractivity contribution in [1.29, 1.82) is 0 Å². The summed E-state index contributed by atoms with van der Waals surface area (Å²) in [5, 5.41) is 0. The van der Waals surface area contributed by atoms with E-state index in [1.807, 2.05) is 0 Å². The summed E-state index contributed by atoms with van der Waals surface area (Å²) < 4.78 is 5.50. The third-order valence-corrected chi connectivity index (χ3v) is 4.29. The monoisotopic (exact) mass is 325 g/mol. The van der Waals surface area contributed by atoms with E-state index in [1.165, 1.54) is 89.9 Å². The Labute approximate surface area is 146 Å². The van der Waals surface area contributed by atoms with E-state index >= 15 is 0 Å². The lowest BCUT2D eigenvalue weighted by Gasteiger charge is -2.03. The zero-order valence-electron chi connectivity index (χ0n) is 15.9. The fraction of sp³-hybridized carbons (Fsp3) is 0.905. The van der Waals surface area contributed by atoms with Crippen LogP contribution in [0.25, 0.3) is 0 Å². The molecular weight excluding hydrogens is 282 g/mol. The summed E-state index contributed by atoms with van der Waals surface area (Å²) in [5.74, 6) is 0. The fourth-order valence-corrected chi connectivity index (χ4v) is 2.74. The topological polar surface area (TPSA) is 35.2 Å². The predicted molar refractivity (Wildman–Crippen MR) is 104 cm³/mol. The van der Waals surface area contributed by atoms with E-state index in [9.17, 15) is 0 Å². The normalized spacial score (nSPS) is 11.6. The molecule has 0 aliphatic rings. The van der Waals surface area contributed by atoms with E-state index in [0.29, 0.717) is 0 Å². The molecule has 0 radical (unpaired) electrons. The van der Waals surface area contributed by atoms with Gasteiger partial charge in [-0.1, -0.05) is 76.9 Å². The molecule has 0 unspecified atom stereocenters. The highest BCUT2D eigenvalue weighted by Crippen LogP contribution is 2.09. The molecule has 0 fully saturated rings. The number of hydrogen-bond donors (Lipinski definition) is 1. The molecule has 0 atom stereocenters. The van der Waals surface area contributed by atoms with Gasteiger partial charge < -0.3 is 10.5 Å². The first-order valence-corrected chi connectivity index (χ1v) is 10.3. The second kappa shape index (κ2) is 21.7. The maximum atomic E-state index is 5.50. The van der Waals surface area contributed by atoms with Crippen LogP contribution in [-0.4, -0.2) is 19.8 Å². The smallest absolute Gasteiger partial charge is 0.0478 e. The standard InChI is InChI=1S/C21H43NO/c1-2-3-4-5-6-7-8-9-10-11-12-13-14-15-16-17-20-23-21-18-19-22/h9-10H,2-8,11-22H2,1H3/b10-9+. The highest BCUT2D eigenvalue weighted by Gasteiger charge is 1.92. The van der Waals surface area contributed by atoms with Crippen molar-refractivity contribution in [1.82, 2.24) is 0 Å². The highest BCUT2D eigenvalue weighted by molar-refractivity contribution is 4.81. The Bertz CT molecular complexity index is 228. The van der Waals surface area contributed by atoms with Crippen molar-refractivity contribution in [2.45, 2.75) is 103 Å². The van der Waals surface area contributed by atoms with E-state index < -0.39 is 0 Å². The summed E-state index contributed by atoms with van der Waals surface area (Å²) in [6.45, 7) is 4.78. The van der Waals surface area contributed by atoms with Gasteiger partial charge in [0.1, 0.15) is 0 Å². The van der Waals surface area contributed by atoms with Gasteiger partial charge in [-0.15, -0.1) is 0 Å². The molecule has 0 aromatic heterocycles. The maximum absolute atomic E-state index is 5.50. The molecule has 0 saturated carbocycles. The van der Waals surface area contributed by atoms with Gasteiger partial charge in [0.15, 0.2) is 0 Å². The largest absolute Gasteiger partial charge is 0.381 e. The molecule has 23 heavy (non-hydrogen) atoms. The van der Waals surface area contributed by atoms with Gasteiger partial charge >= 0.3 is 0 Å². The van der Waals surface area contributed by atoms with E-state index in [2.05, 4.69) is 19.1 Å². The average molecular weight is 326 g/mol. The first kappa shape index (κ1) is 22.7. The number of hydrogen-bond acceptors (Lipinski definition) is 2. The third kappa shape index (κ3) is 21.7. The molecule has 0 bridgehead atoms. The van der Waals surface area contributed by atoms with Gasteiger partial charge in [0.25, 0.3) is 0 Å². The van der Waals surface area contributed by atoms with Crippen molar-refractivity contribution in [3.8, 4) is 0 Å². The minimum atomic E-state index is 0.743. The third-order valence-electron chi connectivity index (χ3n) is 4.29. The van der Waals surface area contributed by atoms with Crippen molar-refractivity contribution in [2.75, 3.05) is 19.8 Å². The molecular formula is C21H43NO. The fourth-order valence-electron chi connectivity index (χ4n) is 2.74. The summed E-state index contributed by atoms with van der Waals surface area (Å²) in [4.78, 5) is 0. The van der Waals surface area contributed by atoms with Gasteiger partial charge in [0.05, 0.1) is 0 Å². The Morgan fingerprint density at radius 3 is 1.65 bits per heavy atom. The molecule has 0 rings (SSSR count). The quantitative estimate of drug-likeness (QED) is 0.220. The summed E-state index contributed by atoms with van der Waals surface area (Å²) in [7, 11) is 0. The zero-order valence-corrected chi connectivity index (χ0v) is 15.9. The average Bonchev–Trinajstić information content (AvgIpc) is 2.57. The number of allylic oxidation sites excluding steroid dienone is 2. The Balaban J connectivity index is 3.02. The van der Waals surface area contributed by atoms with E-state index in [0.717, 1.165) is 26.2 Å². The van der Waals surface area contributed by atoms with Gasteiger partial charge in [-0.3, -0.25) is 0 Å². The van der Waals surface area contributed by atoms with Crippen LogP contribution in [0.3, 0.4) is 0 Å². The molecule has 0 heterocycles. The SMILES string of the molecule is CCCCCCCC/C=C/CCCCCCCCOCCCN. The van der Waals surface area contributed by atoms with Gasteiger partial charge in [-0.05, 0) is 45.1 Å². The second-order valence-corrected chi connectivity index (χ2v) is 6.69. The number of unbranched alkanes of at least 4 members (excludes halogenated alkanes) is 12. The van der Waals surface area contributed by atoms with Crippen molar-refractivity contribution in [2.24, 2.45) is 5.73 Å². The summed E-state index contributed by atoms with van der Waals surface area (Å²) >= 11 is 0. The zero-order chi connectivity index (χ0) is 16.8. The molecule has 0 aliphatic heterocycles. The molecule has 138 valence electrons. The van der Waals surface area contributed by atoms with Crippen LogP contribution >= 0.6 is 0 Å². The molecule has 0 aromatic rings. The number of nitrogens with two attached hydrogens (primary N) is 1. The van der Waals surface area contributed by atoms with Crippen LogP contribution in [0.2, 0.25) is 0 Å². The lowest BCUT2D eigenvalue weighted by molar-refractivity contribution is 0.129. The van der Waals surface area contributed by atoms with Crippen LogP contribution in [0.4, 0.5) is 0 Å². The van der Waals surface area contributed by atoms with E-state index in [1.54, 1.807) is 0 Å². The predicted octanol–water partition coefficient (Wildman–Crippen LogP) is 6.39. The van der Waals surface area contributed by atoms with Gasteiger partial charge in [-0.2, -0.15) is 0 Å². The minimum absolute atomic E-state index is 0.743. The lowest BCUT2D eigenvalue weighted by atomic mass is 10.1. The molecule has 0 saturated heterocycles. The Kier molecular flexibility index (Phi) is 21.3. The van der Waals surface area contributed by atoms with Crippen molar-refractivity contribution < 1.29 is 4.74 Å². The van der Waals surface area contributed by atoms with Gasteiger partial charge in [0.2, 0.25) is 0 Å². The van der Waals surface area contributed by atoms with Crippen molar-refractivity contribution in [3.05, 3.63) is 12.2 Å². The summed E-state index contributed by atoms with van der Waals surface area (Å²) in [5.41, 5.74) is 5.42. The molecule has 2 heteroatoms. The first-order chi connectivity index (χ1) is 11.4. The Hall–Kier alpha value is -0.340. The van der Waals surface area contributed by atoms with Crippen molar-refractivity contribution in [3.63, 3.8) is 0 Å². The van der Waals surface area contributed by atoms with Gasteiger partial charge in [-0.25, -0.2) is 0 Å². The first-order valence-electron chi connectivity index (χ1n) is 10.3.